The highest BCUT2D eigenvalue weighted by molar-refractivity contribution is 5.22. The lowest BCUT2D eigenvalue weighted by Gasteiger charge is -2.20. The van der Waals surface area contributed by atoms with E-state index in [2.05, 4.69) is 9.47 Å². The van der Waals surface area contributed by atoms with Crippen LogP contribution in [0.1, 0.15) is 11.7 Å². The molecule has 0 spiro atoms. The zero-order valence-electron chi connectivity index (χ0n) is 8.71. The van der Waals surface area contributed by atoms with Crippen molar-refractivity contribution in [1.29, 1.82) is 0 Å². The molecule has 0 aliphatic carbocycles. The summed E-state index contributed by atoms with van der Waals surface area (Å²) in [6.07, 6.45) is -2.69. The van der Waals surface area contributed by atoms with Gasteiger partial charge < -0.3 is 14.6 Å². The molecule has 0 aromatic heterocycles. The van der Waals surface area contributed by atoms with Gasteiger partial charge in [-0.3, -0.25) is 0 Å². The first kappa shape index (κ1) is 13.0. The van der Waals surface area contributed by atoms with Gasteiger partial charge >= 0.3 is 0 Å². The van der Waals surface area contributed by atoms with Crippen LogP contribution in [0.5, 0.6) is 0 Å². The largest absolute Gasteiger partial charge is 0.383 e. The van der Waals surface area contributed by atoms with Crippen molar-refractivity contribution in [2.45, 2.75) is 12.4 Å². The summed E-state index contributed by atoms with van der Waals surface area (Å²) in [5, 5.41) is 9.60. The molecule has 0 bridgehead atoms. The molecule has 0 heterocycles. The van der Waals surface area contributed by atoms with Crippen LogP contribution in [0.25, 0.3) is 0 Å². The lowest BCUT2D eigenvalue weighted by atomic mass is 10.1. The molecule has 16 heavy (non-hydrogen) atoms. The Morgan fingerprint density at radius 2 is 1.62 bits per heavy atom. The van der Waals surface area contributed by atoms with Gasteiger partial charge in [0.15, 0.2) is 23.7 Å². The molecule has 3 nitrogen and oxygen atoms in total. The Hall–Kier alpha value is -1.11. The van der Waals surface area contributed by atoms with Crippen molar-refractivity contribution in [1.82, 2.24) is 0 Å². The fourth-order valence-corrected chi connectivity index (χ4v) is 1.27. The Balaban J connectivity index is 3.09. The maximum atomic E-state index is 13.3. The van der Waals surface area contributed by atoms with Crippen molar-refractivity contribution >= 4 is 0 Å². The van der Waals surface area contributed by atoms with Crippen molar-refractivity contribution in [2.75, 3.05) is 14.2 Å². The van der Waals surface area contributed by atoms with E-state index in [1.165, 1.54) is 14.2 Å². The number of benzene rings is 1. The number of hydrogen-bond acceptors (Lipinski definition) is 3. The highest BCUT2D eigenvalue weighted by atomic mass is 19.2. The minimum absolute atomic E-state index is 0.424. The molecule has 0 saturated heterocycles. The summed E-state index contributed by atoms with van der Waals surface area (Å²) in [6, 6.07) is 1.66. The molecule has 6 heteroatoms. The summed E-state index contributed by atoms with van der Waals surface area (Å²) < 4.78 is 48.1. The van der Waals surface area contributed by atoms with Crippen LogP contribution in [0.3, 0.4) is 0 Å². The van der Waals surface area contributed by atoms with Crippen LogP contribution in [-0.2, 0) is 9.47 Å². The molecule has 0 aliphatic heterocycles. The summed E-state index contributed by atoms with van der Waals surface area (Å²) in [5.41, 5.74) is -0.424. The van der Waals surface area contributed by atoms with Gasteiger partial charge in [0.25, 0.3) is 0 Å². The molecule has 1 aromatic rings. The third-order valence-electron chi connectivity index (χ3n) is 2.11. The summed E-state index contributed by atoms with van der Waals surface area (Å²) in [7, 11) is 2.46. The maximum absolute atomic E-state index is 13.3. The van der Waals surface area contributed by atoms with E-state index < -0.39 is 35.4 Å². The zero-order chi connectivity index (χ0) is 12.3. The third-order valence-corrected chi connectivity index (χ3v) is 2.11. The lowest BCUT2D eigenvalue weighted by Crippen LogP contribution is -2.24. The van der Waals surface area contributed by atoms with E-state index in [-0.39, 0.29) is 0 Å². The average Bonchev–Trinajstić information content (AvgIpc) is 2.27. The van der Waals surface area contributed by atoms with Crippen LogP contribution in [0.15, 0.2) is 12.1 Å². The van der Waals surface area contributed by atoms with Crippen molar-refractivity contribution in [3.63, 3.8) is 0 Å². The second-order valence-corrected chi connectivity index (χ2v) is 3.05. The van der Waals surface area contributed by atoms with E-state index in [9.17, 15) is 18.3 Å². The first-order valence-corrected chi connectivity index (χ1v) is 4.40. The van der Waals surface area contributed by atoms with Crippen LogP contribution in [-0.4, -0.2) is 25.6 Å². The molecule has 1 rings (SSSR count). The van der Waals surface area contributed by atoms with E-state index in [0.717, 1.165) is 12.1 Å². The topological polar surface area (TPSA) is 38.7 Å². The van der Waals surface area contributed by atoms with Crippen LogP contribution in [0.4, 0.5) is 13.2 Å². The fourth-order valence-electron chi connectivity index (χ4n) is 1.27. The molecule has 1 atom stereocenters. The molecule has 0 radical (unpaired) electrons. The van der Waals surface area contributed by atoms with Crippen LogP contribution >= 0.6 is 0 Å². The predicted octanol–water partition coefficient (Wildman–Crippen LogP) is 1.76. The number of aliphatic hydroxyl groups excluding tert-OH is 1. The maximum Gasteiger partial charge on any atom is 0.194 e. The number of rotatable bonds is 4. The predicted molar refractivity (Wildman–Crippen MR) is 49.1 cm³/mol. The standard InChI is InChI=1S/C10H11F3O3/c1-15-10(16-2)9(14)5-3-4-6(11)8(13)7(5)12/h3-4,9-10,14H,1-2H3. The van der Waals surface area contributed by atoms with Crippen molar-refractivity contribution in [3.05, 3.63) is 35.1 Å². The Kier molecular flexibility index (Phi) is 4.28. The van der Waals surface area contributed by atoms with Gasteiger partial charge in [-0.15, -0.1) is 0 Å². The second kappa shape index (κ2) is 5.29. The summed E-state index contributed by atoms with van der Waals surface area (Å²) >= 11 is 0. The number of ether oxygens (including phenoxy) is 2. The highest BCUT2D eigenvalue weighted by Gasteiger charge is 2.26. The van der Waals surface area contributed by atoms with Crippen molar-refractivity contribution < 1.29 is 27.8 Å². The molecular formula is C10H11F3O3. The molecule has 0 amide bonds. The van der Waals surface area contributed by atoms with E-state index in [4.69, 9.17) is 0 Å². The highest BCUT2D eigenvalue weighted by Crippen LogP contribution is 2.25. The van der Waals surface area contributed by atoms with E-state index in [0.29, 0.717) is 0 Å². The molecule has 1 N–H and O–H groups in total. The Morgan fingerprint density at radius 1 is 1.06 bits per heavy atom. The number of halogens is 3. The van der Waals surface area contributed by atoms with Gasteiger partial charge in [0, 0.05) is 19.8 Å². The third kappa shape index (κ3) is 2.34. The zero-order valence-corrected chi connectivity index (χ0v) is 8.71. The van der Waals surface area contributed by atoms with Gasteiger partial charge in [0.1, 0.15) is 6.10 Å². The van der Waals surface area contributed by atoms with Gasteiger partial charge in [-0.2, -0.15) is 0 Å². The monoisotopic (exact) mass is 236 g/mol. The molecular weight excluding hydrogens is 225 g/mol. The van der Waals surface area contributed by atoms with E-state index in [1.54, 1.807) is 0 Å². The van der Waals surface area contributed by atoms with Crippen molar-refractivity contribution in [2.24, 2.45) is 0 Å². The van der Waals surface area contributed by atoms with Gasteiger partial charge in [0.05, 0.1) is 0 Å². The normalized spacial score (nSPS) is 13.2. The van der Waals surface area contributed by atoms with Gasteiger partial charge in [-0.05, 0) is 6.07 Å². The van der Waals surface area contributed by atoms with E-state index in [1.807, 2.05) is 0 Å². The molecule has 0 saturated carbocycles. The lowest BCUT2D eigenvalue weighted by molar-refractivity contribution is -0.167. The summed E-state index contributed by atoms with van der Waals surface area (Å²) in [6.45, 7) is 0. The van der Waals surface area contributed by atoms with Gasteiger partial charge in [-0.25, -0.2) is 13.2 Å². The van der Waals surface area contributed by atoms with E-state index >= 15 is 0 Å². The minimum atomic E-state index is -1.64. The molecule has 0 fully saturated rings. The second-order valence-electron chi connectivity index (χ2n) is 3.05. The molecule has 0 aliphatic rings. The number of hydrogen-bond donors (Lipinski definition) is 1. The molecule has 90 valence electrons. The average molecular weight is 236 g/mol. The van der Waals surface area contributed by atoms with Crippen LogP contribution in [0.2, 0.25) is 0 Å². The molecule has 1 aromatic carbocycles. The van der Waals surface area contributed by atoms with Crippen molar-refractivity contribution in [3.8, 4) is 0 Å². The number of methoxy groups -OCH3 is 2. The van der Waals surface area contributed by atoms with Gasteiger partial charge in [0.2, 0.25) is 0 Å². The summed E-state index contributed by atoms with van der Waals surface area (Å²) in [4.78, 5) is 0. The summed E-state index contributed by atoms with van der Waals surface area (Å²) in [5.74, 6) is -4.41. The molecule has 1 unspecified atom stereocenters. The fraction of sp³-hybridized carbons (Fsp3) is 0.400. The quantitative estimate of drug-likeness (QED) is 0.639. The minimum Gasteiger partial charge on any atom is -0.383 e. The Labute approximate surface area is 90.4 Å². The van der Waals surface area contributed by atoms with Gasteiger partial charge in [-0.1, -0.05) is 6.07 Å². The smallest absolute Gasteiger partial charge is 0.194 e. The van der Waals surface area contributed by atoms with Crippen LogP contribution < -0.4 is 0 Å². The Bertz CT molecular complexity index is 367. The van der Waals surface area contributed by atoms with Crippen LogP contribution in [0, 0.1) is 17.5 Å². The Morgan fingerprint density at radius 3 is 2.12 bits per heavy atom. The first-order valence-electron chi connectivity index (χ1n) is 4.40. The number of aliphatic hydroxyl groups is 1. The SMILES string of the molecule is COC(OC)C(O)c1ccc(F)c(F)c1F. The first-order chi connectivity index (χ1) is 7.52.